The minimum atomic E-state index is -3.91. The molecule has 0 bridgehead atoms. The average Bonchev–Trinajstić information content (AvgIpc) is 3.77. The summed E-state index contributed by atoms with van der Waals surface area (Å²) in [6.45, 7) is 20.9. The lowest BCUT2D eigenvalue weighted by molar-refractivity contribution is -0.364. The predicted octanol–water partition coefficient (Wildman–Crippen LogP) is 10.2. The Bertz CT molecular complexity index is 2370. The molecule has 0 fully saturated rings. The maximum atomic E-state index is 15.6. The fraction of sp³-hybridized carbons (Fsp3) is 0.318. The Morgan fingerprint density at radius 1 is 0.482 bits per heavy atom. The van der Waals surface area contributed by atoms with Crippen LogP contribution in [0.4, 0.5) is 17.3 Å². The summed E-state index contributed by atoms with van der Waals surface area (Å²) in [7, 11) is -2.84. The van der Waals surface area contributed by atoms with E-state index in [0.29, 0.717) is 45.6 Å². The molecule has 56 heavy (non-hydrogen) atoms. The molecule has 12 heteroatoms. The number of nitrogens with zero attached hydrogens (tertiary/aromatic N) is 4. The molecule has 2 aromatic heterocycles. The van der Waals surface area contributed by atoms with E-state index in [1.165, 1.54) is 28.3 Å². The van der Waals surface area contributed by atoms with Gasteiger partial charge in [0.15, 0.2) is 11.4 Å². The van der Waals surface area contributed by atoms with Crippen LogP contribution in [-0.2, 0) is 0 Å². The molecule has 292 valence electrons. The summed E-state index contributed by atoms with van der Waals surface area (Å²) < 4.78 is 67.6. The monoisotopic (exact) mass is 792 g/mol. The van der Waals surface area contributed by atoms with Gasteiger partial charge in [0, 0.05) is 48.5 Å². The third-order valence-corrected chi connectivity index (χ3v) is 16.1. The largest absolute Gasteiger partial charge is 0.737 e. The van der Waals surface area contributed by atoms with Crippen LogP contribution in [0.5, 0.6) is 0 Å². The van der Waals surface area contributed by atoms with Crippen LogP contribution in [0.25, 0.3) is 11.1 Å². The summed E-state index contributed by atoms with van der Waals surface area (Å²) in [6, 6.07) is 20.9. The second-order valence-electron chi connectivity index (χ2n) is 18.3. The van der Waals surface area contributed by atoms with E-state index in [2.05, 4.69) is 87.8 Å². The molecule has 4 aliphatic rings. The Kier molecular flexibility index (Phi) is 9.28. The van der Waals surface area contributed by atoms with Gasteiger partial charge in [0.05, 0.1) is 27.3 Å². The fourth-order valence-corrected chi connectivity index (χ4v) is 11.8. The summed E-state index contributed by atoms with van der Waals surface area (Å²) in [5.41, 5.74) is 12.4. The van der Waals surface area contributed by atoms with Crippen molar-refractivity contribution in [2.24, 2.45) is 0 Å². The first-order valence-electron chi connectivity index (χ1n) is 19.6. The molecule has 2 aromatic carbocycles. The van der Waals surface area contributed by atoms with Gasteiger partial charge in [-0.3, -0.25) is 0 Å². The summed E-state index contributed by atoms with van der Waals surface area (Å²) in [4.78, 5) is 0. The topological polar surface area (TPSA) is 15.9 Å². The van der Waals surface area contributed by atoms with Crippen molar-refractivity contribution >= 4 is 63.0 Å². The molecule has 0 atom stereocenters. The summed E-state index contributed by atoms with van der Waals surface area (Å²) in [5, 5.41) is 2.74. The van der Waals surface area contributed by atoms with Crippen LogP contribution in [0.2, 0.25) is 39.3 Å². The number of halogens is 4. The van der Waals surface area contributed by atoms with Gasteiger partial charge in [0.25, 0.3) is 0 Å². The first-order chi connectivity index (χ1) is 25.9. The predicted molar refractivity (Wildman–Crippen MR) is 235 cm³/mol. The molecule has 4 aliphatic heterocycles. The van der Waals surface area contributed by atoms with Crippen LogP contribution in [0.1, 0.15) is 72.7 Å². The third-order valence-electron chi connectivity index (χ3n) is 11.9. The van der Waals surface area contributed by atoms with Gasteiger partial charge < -0.3 is 35.2 Å². The molecule has 0 saturated carbocycles. The highest BCUT2D eigenvalue weighted by Gasteiger charge is 2.56. The van der Waals surface area contributed by atoms with Gasteiger partial charge in [-0.25, -0.2) is 0 Å². The van der Waals surface area contributed by atoms with Crippen molar-refractivity contribution in [2.45, 2.75) is 94.7 Å². The minimum Gasteiger partial charge on any atom is -0.393 e. The Hall–Kier alpha value is -4.42. The van der Waals surface area contributed by atoms with Crippen molar-refractivity contribution in [3.05, 3.63) is 140 Å². The average molecular weight is 793 g/mol. The van der Waals surface area contributed by atoms with E-state index >= 15 is 17.3 Å². The first-order valence-corrected chi connectivity index (χ1v) is 26.6. The van der Waals surface area contributed by atoms with E-state index in [4.69, 9.17) is 0 Å². The highest BCUT2D eigenvalue weighted by Crippen LogP contribution is 2.45. The van der Waals surface area contributed by atoms with Crippen LogP contribution < -0.4 is 10.4 Å². The third kappa shape index (κ3) is 6.01. The van der Waals surface area contributed by atoms with Crippen molar-refractivity contribution in [1.29, 1.82) is 0 Å². The second-order valence-corrected chi connectivity index (χ2v) is 28.5. The van der Waals surface area contributed by atoms with E-state index in [1.807, 2.05) is 52.0 Å². The lowest BCUT2D eigenvalue weighted by Gasteiger charge is -2.34. The van der Waals surface area contributed by atoms with Crippen molar-refractivity contribution in [2.75, 3.05) is 0 Å². The van der Waals surface area contributed by atoms with E-state index in [0.717, 1.165) is 44.5 Å². The standard InChI is InChI=1S/2C22H27BF2N2Si/c2*1-14-12-16(3)26-21(14)20(18-8-10-19(11-9-18)28(5,6)7)22-15(2)13-17(4)27(22)23(26,24)25/h2*8-13H,1-7H3. The molecule has 0 spiro atoms. The van der Waals surface area contributed by atoms with Gasteiger partial charge in [0.2, 0.25) is 0 Å². The lowest BCUT2D eigenvalue weighted by atomic mass is 9.84. The maximum absolute atomic E-state index is 15.6. The number of allylic oxidation sites excluding steroid dienone is 4. The Morgan fingerprint density at radius 3 is 1.07 bits per heavy atom. The van der Waals surface area contributed by atoms with Crippen molar-refractivity contribution in [1.82, 2.24) is 8.96 Å². The van der Waals surface area contributed by atoms with E-state index in [9.17, 15) is 0 Å². The zero-order chi connectivity index (χ0) is 41.2. The Labute approximate surface area is 332 Å². The van der Waals surface area contributed by atoms with Gasteiger partial charge in [-0.1, -0.05) is 98.2 Å². The van der Waals surface area contributed by atoms with Crippen LogP contribution in [0.15, 0.2) is 95.4 Å². The molecule has 6 heterocycles. The van der Waals surface area contributed by atoms with Crippen LogP contribution in [0, 0.1) is 27.7 Å². The number of benzene rings is 2. The molecule has 0 saturated heterocycles. The minimum absolute atomic E-state index is 0.602. The fourth-order valence-electron chi connectivity index (χ4n) is 9.42. The molecule has 0 radical (unpaired) electrons. The van der Waals surface area contributed by atoms with E-state index < -0.39 is 30.1 Å². The number of rotatable bonds is 4. The lowest BCUT2D eigenvalue weighted by Crippen LogP contribution is -2.51. The van der Waals surface area contributed by atoms with Crippen LogP contribution in [-0.4, -0.2) is 59.4 Å². The number of aromatic nitrogens is 2. The smallest absolute Gasteiger partial charge is 0.393 e. The molecule has 0 N–H and O–H groups in total. The van der Waals surface area contributed by atoms with Crippen LogP contribution in [0.3, 0.4) is 0 Å². The molecular formula is C44H54B2F4N4Si2. The molecule has 0 aliphatic carbocycles. The summed E-state index contributed by atoms with van der Waals surface area (Å²) in [5.74, 6) is 0. The summed E-state index contributed by atoms with van der Waals surface area (Å²) >= 11 is 0. The number of hydrogen-bond acceptors (Lipinski definition) is 0. The van der Waals surface area contributed by atoms with Gasteiger partial charge in [-0.15, -0.1) is 0 Å². The first kappa shape index (κ1) is 39.8. The number of hydrogen-bond donors (Lipinski definition) is 0. The van der Waals surface area contributed by atoms with Gasteiger partial charge >= 0.3 is 13.9 Å². The zero-order valence-corrected chi connectivity index (χ0v) is 37.4. The highest BCUT2D eigenvalue weighted by atomic mass is 28.3. The number of fused-ring (bicyclic) bond motifs is 4. The number of aryl methyl sites for hydroxylation is 4. The quantitative estimate of drug-likeness (QED) is 0.145. The van der Waals surface area contributed by atoms with Gasteiger partial charge in [-0.05, 0) is 87.3 Å². The van der Waals surface area contributed by atoms with Crippen molar-refractivity contribution in [3.8, 4) is 0 Å². The maximum Gasteiger partial charge on any atom is 0.737 e. The van der Waals surface area contributed by atoms with Crippen LogP contribution >= 0.6 is 0 Å². The molecule has 4 aromatic rings. The molecule has 4 nitrogen and oxygen atoms in total. The second kappa shape index (κ2) is 13.1. The summed E-state index contributed by atoms with van der Waals surface area (Å²) in [6.07, 6.45) is 3.75. The SMILES string of the molecule is CC1=CC(C)=[N+]2C1=C(c1ccc([Si](C)(C)C)cc1)c1c(C)cc(C)n1[B-]2(F)F.CC1=CC(C)=[N+]2C1=C(c1ccc([Si](C)(C)C)cc1)c1c(C)cc(C)n1[B-]2(F)F. The zero-order valence-electron chi connectivity index (χ0n) is 35.4. The van der Waals surface area contributed by atoms with Gasteiger partial charge in [-0.2, -0.15) is 0 Å². The van der Waals surface area contributed by atoms with Crippen molar-refractivity contribution < 1.29 is 26.2 Å². The molecular weight excluding hydrogens is 738 g/mol. The highest BCUT2D eigenvalue weighted by molar-refractivity contribution is 6.89. The normalized spacial score (nSPS) is 18.4. The Balaban J connectivity index is 0.000000172. The van der Waals surface area contributed by atoms with Crippen molar-refractivity contribution in [3.63, 3.8) is 0 Å². The molecule has 8 rings (SSSR count). The Morgan fingerprint density at radius 2 is 0.786 bits per heavy atom. The molecule has 0 unspecified atom stereocenters. The molecule has 0 amide bonds. The van der Waals surface area contributed by atoms with E-state index in [-0.39, 0.29) is 0 Å². The van der Waals surface area contributed by atoms with E-state index in [1.54, 1.807) is 27.7 Å². The van der Waals surface area contributed by atoms with Gasteiger partial charge in [0.1, 0.15) is 11.4 Å².